The van der Waals surface area contributed by atoms with Crippen LogP contribution in [0.25, 0.3) is 0 Å². The average Bonchev–Trinajstić information content (AvgIpc) is 2.86. The molecule has 136 valence electrons. The monoisotopic (exact) mass is 354 g/mol. The molecule has 0 fully saturated rings. The summed E-state index contributed by atoms with van der Waals surface area (Å²) < 4.78 is 5.96. The normalized spacial score (nSPS) is 16.5. The molecule has 0 aromatic heterocycles. The Morgan fingerprint density at radius 3 is 2.58 bits per heavy atom. The van der Waals surface area contributed by atoms with Crippen molar-refractivity contribution in [3.8, 4) is 5.75 Å². The van der Waals surface area contributed by atoms with E-state index in [2.05, 4.69) is 0 Å². The third-order valence-electron chi connectivity index (χ3n) is 4.51. The summed E-state index contributed by atoms with van der Waals surface area (Å²) in [6.45, 7) is 4.45. The highest BCUT2D eigenvalue weighted by Crippen LogP contribution is 2.33. The lowest BCUT2D eigenvalue weighted by Gasteiger charge is -2.31. The third kappa shape index (κ3) is 3.55. The molecule has 3 rings (SSSR count). The van der Waals surface area contributed by atoms with Gasteiger partial charge in [-0.05, 0) is 17.7 Å². The minimum absolute atomic E-state index is 0.0486. The molecule has 26 heavy (non-hydrogen) atoms. The first kappa shape index (κ1) is 17.9. The summed E-state index contributed by atoms with van der Waals surface area (Å²) in [6.07, 6.45) is 0. The fourth-order valence-corrected chi connectivity index (χ4v) is 3.09. The third-order valence-corrected chi connectivity index (χ3v) is 4.51. The van der Waals surface area contributed by atoms with Crippen LogP contribution in [-0.2, 0) is 11.3 Å². The highest BCUT2D eigenvalue weighted by Gasteiger charge is 2.31. The predicted molar refractivity (Wildman–Crippen MR) is 95.8 cm³/mol. The minimum atomic E-state index is -0.602. The fraction of sp³-hybridized carbons (Fsp3) is 0.300. The van der Waals surface area contributed by atoms with Crippen LogP contribution in [0.1, 0.15) is 41.4 Å². The highest BCUT2D eigenvalue weighted by molar-refractivity contribution is 5.93. The highest BCUT2D eigenvalue weighted by atomic mass is 16.5. The first-order chi connectivity index (χ1) is 12.5. The molecule has 1 aliphatic heterocycles. The molecule has 1 heterocycles. The van der Waals surface area contributed by atoms with E-state index in [1.165, 1.54) is 0 Å². The van der Waals surface area contributed by atoms with Crippen LogP contribution in [0, 0.1) is 5.92 Å². The van der Waals surface area contributed by atoms with Gasteiger partial charge in [-0.3, -0.25) is 14.8 Å². The van der Waals surface area contributed by atoms with Gasteiger partial charge in [0.1, 0.15) is 12.4 Å². The number of nitrogens with zero attached hydrogens (tertiary/aromatic N) is 1. The molecule has 1 aliphatic rings. The van der Waals surface area contributed by atoms with E-state index in [1.54, 1.807) is 23.7 Å². The maximum Gasteiger partial charge on any atom is 0.274 e. The summed E-state index contributed by atoms with van der Waals surface area (Å²) in [5.41, 5.74) is 3.75. The van der Waals surface area contributed by atoms with Gasteiger partial charge in [-0.15, -0.1) is 0 Å². The van der Waals surface area contributed by atoms with E-state index in [0.717, 1.165) is 11.1 Å². The zero-order valence-electron chi connectivity index (χ0n) is 14.8. The van der Waals surface area contributed by atoms with Gasteiger partial charge in [-0.2, -0.15) is 0 Å². The Labute approximate surface area is 152 Å². The molecule has 1 unspecified atom stereocenters. The maximum atomic E-state index is 12.8. The number of hydrogen-bond acceptors (Lipinski definition) is 4. The van der Waals surface area contributed by atoms with Crippen molar-refractivity contribution < 1.29 is 19.5 Å². The van der Waals surface area contributed by atoms with Gasteiger partial charge < -0.3 is 9.64 Å². The molecule has 1 atom stereocenters. The van der Waals surface area contributed by atoms with Crippen LogP contribution in [0.15, 0.2) is 48.5 Å². The molecule has 2 aromatic carbocycles. The zero-order valence-corrected chi connectivity index (χ0v) is 14.8. The average molecular weight is 354 g/mol. The summed E-state index contributed by atoms with van der Waals surface area (Å²) in [6, 6.07) is 14.5. The number of carbonyl (C=O) groups is 2. The van der Waals surface area contributed by atoms with Crippen LogP contribution in [0.2, 0.25) is 0 Å². The van der Waals surface area contributed by atoms with Crippen molar-refractivity contribution in [2.45, 2.75) is 26.4 Å². The molecular weight excluding hydrogens is 332 g/mol. The van der Waals surface area contributed by atoms with Crippen LogP contribution >= 0.6 is 0 Å². The second-order valence-electron chi connectivity index (χ2n) is 6.62. The maximum absolute atomic E-state index is 12.8. The van der Waals surface area contributed by atoms with E-state index in [4.69, 9.17) is 9.94 Å². The van der Waals surface area contributed by atoms with Crippen molar-refractivity contribution in [1.82, 2.24) is 10.4 Å². The van der Waals surface area contributed by atoms with E-state index in [9.17, 15) is 9.59 Å². The van der Waals surface area contributed by atoms with Crippen LogP contribution in [0.5, 0.6) is 5.75 Å². The number of amides is 2. The van der Waals surface area contributed by atoms with Gasteiger partial charge in [0.25, 0.3) is 5.91 Å². The Bertz CT molecular complexity index is 805. The van der Waals surface area contributed by atoms with Crippen molar-refractivity contribution in [2.24, 2.45) is 5.92 Å². The first-order valence-electron chi connectivity index (χ1n) is 8.57. The molecule has 2 aromatic rings. The zero-order chi connectivity index (χ0) is 18.7. The van der Waals surface area contributed by atoms with Crippen LogP contribution in [0.3, 0.4) is 0 Å². The molecule has 0 saturated carbocycles. The topological polar surface area (TPSA) is 78.9 Å². The molecular formula is C20H22N2O4. The van der Waals surface area contributed by atoms with Gasteiger partial charge in [0.2, 0.25) is 5.91 Å². The molecule has 6 heteroatoms. The van der Waals surface area contributed by atoms with Gasteiger partial charge in [-0.1, -0.05) is 50.2 Å². The second kappa shape index (κ2) is 7.58. The number of fused-ring (bicyclic) bond motifs is 1. The molecule has 0 aliphatic carbocycles. The number of ether oxygens (including phenoxy) is 1. The molecule has 0 saturated heterocycles. The van der Waals surface area contributed by atoms with E-state index in [-0.39, 0.29) is 17.9 Å². The summed E-state index contributed by atoms with van der Waals surface area (Å²) in [5, 5.41) is 8.82. The lowest BCUT2D eigenvalue weighted by atomic mass is 10.0. The van der Waals surface area contributed by atoms with Crippen molar-refractivity contribution in [3.05, 3.63) is 65.2 Å². The predicted octanol–water partition coefficient (Wildman–Crippen LogP) is 2.92. The van der Waals surface area contributed by atoms with E-state index in [1.807, 2.05) is 49.1 Å². The lowest BCUT2D eigenvalue weighted by molar-refractivity contribution is -0.138. The molecule has 2 amide bonds. The van der Waals surface area contributed by atoms with Gasteiger partial charge in [0.15, 0.2) is 0 Å². The molecule has 0 radical (unpaired) electrons. The van der Waals surface area contributed by atoms with Gasteiger partial charge >= 0.3 is 0 Å². The summed E-state index contributed by atoms with van der Waals surface area (Å²) in [5.74, 6) is -0.142. The summed E-state index contributed by atoms with van der Waals surface area (Å²) >= 11 is 0. The van der Waals surface area contributed by atoms with Crippen molar-refractivity contribution in [3.63, 3.8) is 0 Å². The number of nitrogens with one attached hydrogen (secondary N) is 1. The summed E-state index contributed by atoms with van der Waals surface area (Å²) in [7, 11) is 0. The van der Waals surface area contributed by atoms with E-state index >= 15 is 0 Å². The van der Waals surface area contributed by atoms with Gasteiger partial charge in [-0.25, -0.2) is 5.48 Å². The second-order valence-corrected chi connectivity index (χ2v) is 6.62. The Balaban J connectivity index is 1.99. The van der Waals surface area contributed by atoms with Gasteiger partial charge in [0, 0.05) is 17.0 Å². The Kier molecular flexibility index (Phi) is 5.23. The fourth-order valence-electron chi connectivity index (χ4n) is 3.09. The van der Waals surface area contributed by atoms with Gasteiger partial charge in [0.05, 0.1) is 12.6 Å². The molecule has 6 nitrogen and oxygen atoms in total. The van der Waals surface area contributed by atoms with Crippen molar-refractivity contribution >= 4 is 11.8 Å². The number of carbonyl (C=O) groups excluding carboxylic acids is 2. The Morgan fingerprint density at radius 2 is 1.92 bits per heavy atom. The molecule has 0 spiro atoms. The van der Waals surface area contributed by atoms with Crippen LogP contribution in [0.4, 0.5) is 0 Å². The first-order valence-corrected chi connectivity index (χ1v) is 8.57. The molecule has 0 bridgehead atoms. The number of rotatable bonds is 3. The van der Waals surface area contributed by atoms with Crippen molar-refractivity contribution in [1.29, 1.82) is 0 Å². The largest absolute Gasteiger partial charge is 0.491 e. The number of hydroxylamine groups is 1. The number of hydrogen-bond donors (Lipinski definition) is 2. The van der Waals surface area contributed by atoms with E-state index in [0.29, 0.717) is 24.5 Å². The lowest BCUT2D eigenvalue weighted by Crippen LogP contribution is -2.38. The smallest absolute Gasteiger partial charge is 0.274 e. The summed E-state index contributed by atoms with van der Waals surface area (Å²) in [4.78, 5) is 26.3. The SMILES string of the molecule is CC(C)C(=O)N1Cc2ccc(C(=O)NO)cc2OCC1c1ccccc1. The standard InChI is InChI=1S/C20H22N2O4/c1-13(2)20(24)22-11-16-9-8-15(19(23)21-25)10-18(16)26-12-17(22)14-6-4-3-5-7-14/h3-10,13,17,25H,11-12H2,1-2H3,(H,21,23). The molecule has 2 N–H and O–H groups in total. The van der Waals surface area contributed by atoms with E-state index < -0.39 is 5.91 Å². The Morgan fingerprint density at radius 1 is 1.19 bits per heavy atom. The van der Waals surface area contributed by atoms with Crippen molar-refractivity contribution in [2.75, 3.05) is 6.61 Å². The van der Waals surface area contributed by atoms with Crippen LogP contribution < -0.4 is 10.2 Å². The minimum Gasteiger partial charge on any atom is -0.491 e. The quantitative estimate of drug-likeness (QED) is 0.656. The number of benzene rings is 2. The van der Waals surface area contributed by atoms with Crippen LogP contribution in [-0.4, -0.2) is 28.5 Å². The Hall–Kier alpha value is -2.86.